The molecule has 5 heteroatoms. The van der Waals surface area contributed by atoms with Crippen molar-refractivity contribution in [3.05, 3.63) is 0 Å². The molecule has 0 fully saturated rings. The summed E-state index contributed by atoms with van der Waals surface area (Å²) >= 11 is 5.46. The molecule has 0 saturated carbocycles. The van der Waals surface area contributed by atoms with E-state index in [-0.39, 0.29) is 12.7 Å². The summed E-state index contributed by atoms with van der Waals surface area (Å²) in [5.41, 5.74) is 0. The minimum Gasteiger partial charge on any atom is -0.450 e. The third kappa shape index (κ3) is 5.94. The molecule has 0 aromatic rings. The van der Waals surface area contributed by atoms with Gasteiger partial charge in [0, 0.05) is 19.4 Å². The van der Waals surface area contributed by atoms with Gasteiger partial charge in [-0.05, 0) is 0 Å². The number of ether oxygens (including phenoxy) is 2. The smallest absolute Gasteiger partial charge is 0.450 e. The number of hydrogen-bond donors (Lipinski definition) is 1. The van der Waals surface area contributed by atoms with Crippen LogP contribution in [0.2, 0.25) is 0 Å². The zero-order valence-electron chi connectivity index (χ0n) is 6.25. The molecule has 0 saturated heterocycles. The van der Waals surface area contributed by atoms with E-state index in [0.29, 0.717) is 12.3 Å². The SMILES string of the molecule is COC(CCl)CCOC(=O)O. The molecule has 0 aliphatic heterocycles. The number of rotatable bonds is 5. The summed E-state index contributed by atoms with van der Waals surface area (Å²) < 4.78 is 9.13. The summed E-state index contributed by atoms with van der Waals surface area (Å²) in [5.74, 6) is 0.347. The van der Waals surface area contributed by atoms with Crippen LogP contribution in [0.1, 0.15) is 6.42 Å². The van der Waals surface area contributed by atoms with E-state index in [2.05, 4.69) is 4.74 Å². The zero-order valence-corrected chi connectivity index (χ0v) is 7.00. The molecule has 0 amide bonds. The number of methoxy groups -OCH3 is 1. The Kier molecular flexibility index (Phi) is 5.97. The maximum atomic E-state index is 9.86. The van der Waals surface area contributed by atoms with Gasteiger partial charge in [0.25, 0.3) is 0 Å². The molecule has 1 N–H and O–H groups in total. The molecular formula is C6H11ClO4. The van der Waals surface area contributed by atoms with Crippen LogP contribution in [0.25, 0.3) is 0 Å². The van der Waals surface area contributed by atoms with Crippen molar-refractivity contribution in [2.45, 2.75) is 12.5 Å². The Bertz CT molecular complexity index is 113. The van der Waals surface area contributed by atoms with Gasteiger partial charge in [0.2, 0.25) is 0 Å². The highest BCUT2D eigenvalue weighted by Gasteiger charge is 2.06. The van der Waals surface area contributed by atoms with Crippen molar-refractivity contribution in [2.75, 3.05) is 19.6 Å². The Labute approximate surface area is 70.1 Å². The Morgan fingerprint density at radius 3 is 2.73 bits per heavy atom. The van der Waals surface area contributed by atoms with E-state index in [9.17, 15) is 4.79 Å². The lowest BCUT2D eigenvalue weighted by Crippen LogP contribution is -2.16. The summed E-state index contributed by atoms with van der Waals surface area (Å²) in [6.45, 7) is 0.126. The summed E-state index contributed by atoms with van der Waals surface area (Å²) in [7, 11) is 1.52. The molecule has 0 bridgehead atoms. The van der Waals surface area contributed by atoms with Crippen molar-refractivity contribution in [1.82, 2.24) is 0 Å². The summed E-state index contributed by atoms with van der Waals surface area (Å²) in [5, 5.41) is 8.08. The van der Waals surface area contributed by atoms with Gasteiger partial charge in [0.05, 0.1) is 12.7 Å². The van der Waals surface area contributed by atoms with Crippen LogP contribution in [0, 0.1) is 0 Å². The van der Waals surface area contributed by atoms with Crippen LogP contribution in [0.5, 0.6) is 0 Å². The standard InChI is InChI=1S/C6H11ClO4/c1-10-5(4-7)2-3-11-6(8)9/h5H,2-4H2,1H3,(H,8,9). The highest BCUT2D eigenvalue weighted by atomic mass is 35.5. The average Bonchev–Trinajstić information content (AvgIpc) is 1.98. The normalized spacial score (nSPS) is 12.5. The number of halogens is 1. The molecule has 4 nitrogen and oxygen atoms in total. The van der Waals surface area contributed by atoms with Gasteiger partial charge >= 0.3 is 6.16 Å². The average molecular weight is 183 g/mol. The van der Waals surface area contributed by atoms with Crippen molar-refractivity contribution in [3.63, 3.8) is 0 Å². The zero-order chi connectivity index (χ0) is 8.69. The lowest BCUT2D eigenvalue weighted by molar-refractivity contribution is 0.0600. The van der Waals surface area contributed by atoms with E-state index in [4.69, 9.17) is 21.4 Å². The minimum absolute atomic E-state index is 0.126. The van der Waals surface area contributed by atoms with Crippen LogP contribution in [-0.4, -0.2) is 37.0 Å². The summed E-state index contributed by atoms with van der Waals surface area (Å²) in [6, 6.07) is 0. The Hall–Kier alpha value is -0.480. The van der Waals surface area contributed by atoms with Crippen molar-refractivity contribution >= 4 is 17.8 Å². The van der Waals surface area contributed by atoms with Gasteiger partial charge in [-0.3, -0.25) is 0 Å². The Morgan fingerprint density at radius 1 is 1.73 bits per heavy atom. The van der Waals surface area contributed by atoms with Crippen molar-refractivity contribution in [3.8, 4) is 0 Å². The summed E-state index contributed by atoms with van der Waals surface area (Å²) in [6.07, 6.45) is -0.905. The lowest BCUT2D eigenvalue weighted by atomic mass is 10.3. The number of hydrogen-bond acceptors (Lipinski definition) is 3. The molecular weight excluding hydrogens is 172 g/mol. The number of carboxylic acid groups (broad SMARTS) is 1. The highest BCUT2D eigenvalue weighted by molar-refractivity contribution is 6.18. The second-order valence-corrected chi connectivity index (χ2v) is 2.22. The predicted octanol–water partition coefficient (Wildman–Crippen LogP) is 1.32. The van der Waals surface area contributed by atoms with Gasteiger partial charge in [-0.15, -0.1) is 11.6 Å². The van der Waals surface area contributed by atoms with Gasteiger partial charge in [0.1, 0.15) is 0 Å². The monoisotopic (exact) mass is 182 g/mol. The molecule has 0 aliphatic rings. The Morgan fingerprint density at radius 2 is 2.36 bits per heavy atom. The Balaban J connectivity index is 3.28. The van der Waals surface area contributed by atoms with E-state index >= 15 is 0 Å². The van der Waals surface area contributed by atoms with Gasteiger partial charge in [-0.1, -0.05) is 0 Å². The maximum Gasteiger partial charge on any atom is 0.505 e. The van der Waals surface area contributed by atoms with Crippen LogP contribution >= 0.6 is 11.6 Å². The van der Waals surface area contributed by atoms with Crippen LogP contribution < -0.4 is 0 Å². The fraction of sp³-hybridized carbons (Fsp3) is 0.833. The molecule has 1 unspecified atom stereocenters. The topological polar surface area (TPSA) is 55.8 Å². The van der Waals surface area contributed by atoms with Crippen LogP contribution in [-0.2, 0) is 9.47 Å². The second-order valence-electron chi connectivity index (χ2n) is 1.92. The lowest BCUT2D eigenvalue weighted by Gasteiger charge is -2.10. The minimum atomic E-state index is -1.27. The van der Waals surface area contributed by atoms with Gasteiger partial charge in [-0.25, -0.2) is 4.79 Å². The molecule has 0 aromatic carbocycles. The molecule has 0 aromatic heterocycles. The van der Waals surface area contributed by atoms with Crippen molar-refractivity contribution in [2.24, 2.45) is 0 Å². The third-order valence-corrected chi connectivity index (χ3v) is 1.52. The van der Waals surface area contributed by atoms with Gasteiger partial charge in [-0.2, -0.15) is 0 Å². The predicted molar refractivity (Wildman–Crippen MR) is 40.1 cm³/mol. The fourth-order valence-corrected chi connectivity index (χ4v) is 0.816. The van der Waals surface area contributed by atoms with Gasteiger partial charge in [0.15, 0.2) is 0 Å². The first-order chi connectivity index (χ1) is 5.20. The van der Waals surface area contributed by atoms with E-state index < -0.39 is 6.16 Å². The fourth-order valence-electron chi connectivity index (χ4n) is 0.536. The number of carbonyl (C=O) groups is 1. The molecule has 66 valence electrons. The molecule has 1 atom stereocenters. The molecule has 0 spiro atoms. The third-order valence-electron chi connectivity index (χ3n) is 1.17. The maximum absolute atomic E-state index is 9.86. The van der Waals surface area contributed by atoms with E-state index in [1.807, 2.05) is 0 Å². The first-order valence-electron chi connectivity index (χ1n) is 3.15. The van der Waals surface area contributed by atoms with E-state index in [0.717, 1.165) is 0 Å². The largest absolute Gasteiger partial charge is 0.505 e. The van der Waals surface area contributed by atoms with Crippen LogP contribution in [0.3, 0.4) is 0 Å². The van der Waals surface area contributed by atoms with Crippen molar-refractivity contribution in [1.29, 1.82) is 0 Å². The summed E-state index contributed by atoms with van der Waals surface area (Å²) in [4.78, 5) is 9.86. The van der Waals surface area contributed by atoms with Crippen molar-refractivity contribution < 1.29 is 19.4 Å². The van der Waals surface area contributed by atoms with E-state index in [1.165, 1.54) is 7.11 Å². The second kappa shape index (κ2) is 6.24. The molecule has 0 rings (SSSR count). The van der Waals surface area contributed by atoms with Gasteiger partial charge < -0.3 is 14.6 Å². The molecule has 0 aliphatic carbocycles. The number of alkyl halides is 1. The highest BCUT2D eigenvalue weighted by Crippen LogP contribution is 1.99. The van der Waals surface area contributed by atoms with Crippen LogP contribution in [0.4, 0.5) is 4.79 Å². The first kappa shape index (κ1) is 10.5. The van der Waals surface area contributed by atoms with Crippen LogP contribution in [0.15, 0.2) is 0 Å². The quantitative estimate of drug-likeness (QED) is 0.515. The molecule has 11 heavy (non-hydrogen) atoms. The van der Waals surface area contributed by atoms with E-state index in [1.54, 1.807) is 0 Å². The first-order valence-corrected chi connectivity index (χ1v) is 3.68. The molecule has 0 radical (unpaired) electrons. The molecule has 0 heterocycles.